The number of amides is 2. The van der Waals surface area contributed by atoms with Crippen molar-refractivity contribution in [3.63, 3.8) is 0 Å². The Labute approximate surface area is 205 Å². The number of carbonyl (C=O) groups excluding carboxylic acids is 2. The third kappa shape index (κ3) is 4.94. The van der Waals surface area contributed by atoms with Gasteiger partial charge in [-0.1, -0.05) is 26.0 Å². The van der Waals surface area contributed by atoms with Crippen LogP contribution in [0.15, 0.2) is 53.4 Å². The van der Waals surface area contributed by atoms with Crippen LogP contribution in [-0.4, -0.2) is 60.3 Å². The predicted molar refractivity (Wildman–Crippen MR) is 134 cm³/mol. The molecule has 2 aromatic carbocycles. The average Bonchev–Trinajstić information content (AvgIpc) is 3.39. The molecular formula is C25H31N5O4S. The Bertz CT molecular complexity index is 1330. The van der Waals surface area contributed by atoms with Crippen molar-refractivity contribution in [3.05, 3.63) is 54.4 Å². The van der Waals surface area contributed by atoms with E-state index in [4.69, 9.17) is 0 Å². The van der Waals surface area contributed by atoms with Crippen LogP contribution in [0.1, 0.15) is 26.1 Å². The molecular weight excluding hydrogens is 466 g/mol. The maximum Gasteiger partial charge on any atom is 0.243 e. The van der Waals surface area contributed by atoms with Gasteiger partial charge in [0, 0.05) is 44.8 Å². The summed E-state index contributed by atoms with van der Waals surface area (Å²) in [5.41, 5.74) is 2.53. The fraction of sp³-hybridized carbons (Fsp3) is 0.400. The zero-order valence-electron chi connectivity index (χ0n) is 20.3. The number of nitrogens with zero attached hydrogens (tertiary/aromatic N) is 4. The Morgan fingerprint density at radius 2 is 1.80 bits per heavy atom. The van der Waals surface area contributed by atoms with Crippen molar-refractivity contribution >= 4 is 38.6 Å². The number of hydrogen-bond donors (Lipinski definition) is 1. The largest absolute Gasteiger partial charge is 0.354 e. The predicted octanol–water partition coefficient (Wildman–Crippen LogP) is 2.54. The number of aryl methyl sites for hydroxylation is 1. The molecule has 0 saturated carbocycles. The van der Waals surface area contributed by atoms with Crippen molar-refractivity contribution in [1.82, 2.24) is 19.2 Å². The number of hydrogen-bond acceptors (Lipinski definition) is 5. The van der Waals surface area contributed by atoms with E-state index >= 15 is 0 Å². The van der Waals surface area contributed by atoms with Crippen LogP contribution < -0.4 is 10.2 Å². The van der Waals surface area contributed by atoms with Crippen LogP contribution >= 0.6 is 0 Å². The van der Waals surface area contributed by atoms with Gasteiger partial charge >= 0.3 is 0 Å². The van der Waals surface area contributed by atoms with E-state index in [9.17, 15) is 18.0 Å². The molecule has 9 nitrogen and oxygen atoms in total. The van der Waals surface area contributed by atoms with Crippen LogP contribution in [0.4, 0.5) is 5.69 Å². The highest BCUT2D eigenvalue weighted by atomic mass is 32.2. The highest BCUT2D eigenvalue weighted by Crippen LogP contribution is 2.27. The molecule has 0 aliphatic carbocycles. The first kappa shape index (κ1) is 24.9. The van der Waals surface area contributed by atoms with E-state index in [1.807, 2.05) is 31.2 Å². The number of anilines is 1. The molecule has 186 valence electrons. The zero-order chi connectivity index (χ0) is 25.2. The fourth-order valence-corrected chi connectivity index (χ4v) is 6.01. The van der Waals surface area contributed by atoms with E-state index in [2.05, 4.69) is 14.9 Å². The molecule has 35 heavy (non-hydrogen) atoms. The number of sulfonamides is 1. The van der Waals surface area contributed by atoms with Crippen LogP contribution in [0.25, 0.3) is 11.0 Å². The van der Waals surface area contributed by atoms with Gasteiger partial charge in [0.2, 0.25) is 21.8 Å². The lowest BCUT2D eigenvalue weighted by Crippen LogP contribution is -2.35. The van der Waals surface area contributed by atoms with Crippen LogP contribution in [0, 0.1) is 12.8 Å². The summed E-state index contributed by atoms with van der Waals surface area (Å²) in [5, 5.41) is 2.95. The Morgan fingerprint density at radius 1 is 1.11 bits per heavy atom. The molecule has 0 unspecified atom stereocenters. The molecule has 1 aliphatic heterocycles. The van der Waals surface area contributed by atoms with Crippen molar-refractivity contribution < 1.29 is 18.0 Å². The lowest BCUT2D eigenvalue weighted by Gasteiger charge is -2.20. The van der Waals surface area contributed by atoms with Crippen LogP contribution in [0.2, 0.25) is 0 Å². The van der Waals surface area contributed by atoms with E-state index < -0.39 is 15.9 Å². The van der Waals surface area contributed by atoms with Gasteiger partial charge in [-0.15, -0.1) is 0 Å². The molecule has 0 bridgehead atoms. The van der Waals surface area contributed by atoms with Gasteiger partial charge in [0.05, 0.1) is 21.8 Å². The van der Waals surface area contributed by atoms with Crippen LogP contribution in [0.5, 0.6) is 0 Å². The molecule has 1 saturated heterocycles. The van der Waals surface area contributed by atoms with Crippen molar-refractivity contribution in [2.45, 2.75) is 38.6 Å². The number of nitrogens with one attached hydrogen (secondary N) is 1. The second kappa shape index (κ2) is 10.2. The minimum Gasteiger partial charge on any atom is -0.354 e. The van der Waals surface area contributed by atoms with Gasteiger partial charge in [-0.2, -0.15) is 4.31 Å². The van der Waals surface area contributed by atoms with E-state index in [0.29, 0.717) is 31.9 Å². The van der Waals surface area contributed by atoms with Crippen molar-refractivity contribution in [2.75, 3.05) is 31.1 Å². The molecule has 4 rings (SSSR count). The number of fused-ring (bicyclic) bond motifs is 1. The van der Waals surface area contributed by atoms with Gasteiger partial charge in [0.1, 0.15) is 5.82 Å². The first-order chi connectivity index (χ1) is 16.8. The quantitative estimate of drug-likeness (QED) is 0.489. The highest BCUT2D eigenvalue weighted by Gasteiger charge is 2.35. The molecule has 2 amide bonds. The lowest BCUT2D eigenvalue weighted by atomic mass is 10.1. The summed E-state index contributed by atoms with van der Waals surface area (Å²) in [5.74, 6) is 0.112. The molecule has 3 aromatic rings. The van der Waals surface area contributed by atoms with Gasteiger partial charge in [-0.25, -0.2) is 13.4 Å². The minimum atomic E-state index is -3.57. The van der Waals surface area contributed by atoms with Gasteiger partial charge in [0.15, 0.2) is 0 Å². The maximum atomic E-state index is 12.8. The topological polar surface area (TPSA) is 105 Å². The molecule has 1 N–H and O–H groups in total. The molecule has 1 atom stereocenters. The number of aromatic nitrogens is 2. The van der Waals surface area contributed by atoms with E-state index in [1.54, 1.807) is 30.9 Å². The van der Waals surface area contributed by atoms with Crippen molar-refractivity contribution in [1.29, 1.82) is 0 Å². The standard InChI is InChI=1S/C25H31N5O4S/c1-4-28(5-2)35(33,34)21-12-10-20(11-13-21)30-17-19(16-24(30)31)25(32)26-14-15-29-18(3)27-22-8-6-7-9-23(22)29/h6-13,19H,4-5,14-17H2,1-3H3,(H,26,32)/t19-/m1/s1. The SMILES string of the molecule is CCN(CC)S(=O)(=O)c1ccc(N2C[C@H](C(=O)NCCn3c(C)nc4ccccc43)CC2=O)cc1. The van der Waals surface area contributed by atoms with E-state index in [1.165, 1.54) is 16.4 Å². The summed E-state index contributed by atoms with van der Waals surface area (Å²) in [6, 6.07) is 14.2. The van der Waals surface area contributed by atoms with Crippen molar-refractivity contribution in [3.8, 4) is 0 Å². The summed E-state index contributed by atoms with van der Waals surface area (Å²) in [6.07, 6.45) is 0.123. The maximum absolute atomic E-state index is 12.8. The zero-order valence-corrected chi connectivity index (χ0v) is 21.1. The normalized spacial score (nSPS) is 16.4. The second-order valence-corrected chi connectivity index (χ2v) is 10.5. The summed E-state index contributed by atoms with van der Waals surface area (Å²) >= 11 is 0. The van der Waals surface area contributed by atoms with Crippen LogP contribution in [0.3, 0.4) is 0 Å². The Hall–Kier alpha value is -3.24. The summed E-state index contributed by atoms with van der Waals surface area (Å²) < 4.78 is 28.8. The Balaban J connectivity index is 1.37. The molecule has 1 aliphatic rings. The van der Waals surface area contributed by atoms with E-state index in [-0.39, 0.29) is 29.7 Å². The lowest BCUT2D eigenvalue weighted by molar-refractivity contribution is -0.126. The first-order valence-electron chi connectivity index (χ1n) is 11.9. The Kier molecular flexibility index (Phi) is 7.23. The number of benzene rings is 2. The third-order valence-electron chi connectivity index (χ3n) is 6.47. The smallest absolute Gasteiger partial charge is 0.243 e. The monoisotopic (exact) mass is 497 g/mol. The number of carbonyl (C=O) groups is 2. The summed E-state index contributed by atoms with van der Waals surface area (Å²) in [6.45, 7) is 7.59. The molecule has 2 heterocycles. The summed E-state index contributed by atoms with van der Waals surface area (Å²) in [7, 11) is -3.57. The molecule has 0 spiro atoms. The summed E-state index contributed by atoms with van der Waals surface area (Å²) in [4.78, 5) is 31.7. The molecule has 0 radical (unpaired) electrons. The Morgan fingerprint density at radius 3 is 2.49 bits per heavy atom. The molecule has 1 aromatic heterocycles. The number of rotatable bonds is 9. The number of para-hydroxylation sites is 2. The first-order valence-corrected chi connectivity index (χ1v) is 13.3. The minimum absolute atomic E-state index is 0.123. The number of imidazole rings is 1. The molecule has 1 fully saturated rings. The van der Waals surface area contributed by atoms with Gasteiger partial charge in [-0.05, 0) is 43.3 Å². The molecule has 10 heteroatoms. The fourth-order valence-electron chi connectivity index (χ4n) is 4.56. The van der Waals surface area contributed by atoms with Gasteiger partial charge in [-0.3, -0.25) is 9.59 Å². The highest BCUT2D eigenvalue weighted by molar-refractivity contribution is 7.89. The third-order valence-corrected chi connectivity index (χ3v) is 8.53. The second-order valence-electron chi connectivity index (χ2n) is 8.58. The van der Waals surface area contributed by atoms with Crippen LogP contribution in [-0.2, 0) is 26.2 Å². The van der Waals surface area contributed by atoms with E-state index in [0.717, 1.165) is 16.9 Å². The van der Waals surface area contributed by atoms with Gasteiger partial charge < -0.3 is 14.8 Å². The van der Waals surface area contributed by atoms with Gasteiger partial charge in [0.25, 0.3) is 0 Å². The van der Waals surface area contributed by atoms with Crippen molar-refractivity contribution in [2.24, 2.45) is 5.92 Å². The average molecular weight is 498 g/mol.